The minimum atomic E-state index is 0.981. The second-order valence-electron chi connectivity index (χ2n) is 3.33. The first-order valence-electron chi connectivity index (χ1n) is 4.59. The Bertz CT molecular complexity index is 80.7. The zero-order valence-electron chi connectivity index (χ0n) is 7.19. The van der Waals surface area contributed by atoms with Gasteiger partial charge < -0.3 is 5.32 Å². The fraction of sp³-hybridized carbons (Fsp3) is 1.00. The van der Waals surface area contributed by atoms with E-state index in [1.807, 2.05) is 0 Å². The number of rotatable bonds is 3. The van der Waals surface area contributed by atoms with Gasteiger partial charge in [0.1, 0.15) is 0 Å². The van der Waals surface area contributed by atoms with Crippen LogP contribution in [0.15, 0.2) is 0 Å². The molecular formula is C9H19N. The van der Waals surface area contributed by atoms with E-state index in [-0.39, 0.29) is 0 Å². The summed E-state index contributed by atoms with van der Waals surface area (Å²) in [4.78, 5) is 0. The van der Waals surface area contributed by atoms with Crippen LogP contribution in [0.2, 0.25) is 0 Å². The lowest BCUT2D eigenvalue weighted by Gasteiger charge is -2.18. The highest BCUT2D eigenvalue weighted by Gasteiger charge is 2.21. The largest absolute Gasteiger partial charge is 0.316 e. The minimum Gasteiger partial charge on any atom is -0.316 e. The molecule has 0 unspecified atom stereocenters. The van der Waals surface area contributed by atoms with Gasteiger partial charge in [-0.1, -0.05) is 26.7 Å². The lowest BCUT2D eigenvalue weighted by molar-refractivity contribution is 0.336. The molecule has 1 heterocycles. The number of hydrogen-bond donors (Lipinski definition) is 1. The second kappa shape index (κ2) is 3.97. The zero-order chi connectivity index (χ0) is 7.40. The van der Waals surface area contributed by atoms with Crippen LogP contribution in [0.25, 0.3) is 0 Å². The Labute approximate surface area is 64.2 Å². The molecule has 0 aromatic rings. The molecule has 1 N–H and O–H groups in total. The molecule has 1 aliphatic rings. The zero-order valence-corrected chi connectivity index (χ0v) is 7.19. The molecule has 0 radical (unpaired) electrons. The van der Waals surface area contributed by atoms with E-state index in [1.165, 1.54) is 32.4 Å². The molecular weight excluding hydrogens is 122 g/mol. The van der Waals surface area contributed by atoms with E-state index in [0.717, 1.165) is 11.8 Å². The van der Waals surface area contributed by atoms with Gasteiger partial charge >= 0.3 is 0 Å². The summed E-state index contributed by atoms with van der Waals surface area (Å²) in [6.07, 6.45) is 4.14. The van der Waals surface area contributed by atoms with Crippen LogP contribution in [0.1, 0.15) is 33.1 Å². The normalized spacial score (nSPS) is 26.1. The van der Waals surface area contributed by atoms with Crippen LogP contribution in [-0.4, -0.2) is 13.1 Å². The van der Waals surface area contributed by atoms with Crippen molar-refractivity contribution in [1.82, 2.24) is 5.32 Å². The van der Waals surface area contributed by atoms with E-state index < -0.39 is 0 Å². The molecule has 0 saturated carbocycles. The average molecular weight is 141 g/mol. The summed E-state index contributed by atoms with van der Waals surface area (Å²) in [7, 11) is 0. The molecule has 0 amide bonds. The minimum absolute atomic E-state index is 0.981. The molecule has 0 aromatic carbocycles. The summed E-state index contributed by atoms with van der Waals surface area (Å²) in [6.45, 7) is 7.15. The van der Waals surface area contributed by atoms with Gasteiger partial charge in [-0.05, 0) is 31.3 Å². The van der Waals surface area contributed by atoms with E-state index >= 15 is 0 Å². The van der Waals surface area contributed by atoms with Gasteiger partial charge in [-0.3, -0.25) is 0 Å². The van der Waals surface area contributed by atoms with Gasteiger partial charge in [-0.25, -0.2) is 0 Å². The van der Waals surface area contributed by atoms with Crippen molar-refractivity contribution in [2.24, 2.45) is 11.8 Å². The summed E-state index contributed by atoms with van der Waals surface area (Å²) >= 11 is 0. The van der Waals surface area contributed by atoms with Crippen molar-refractivity contribution >= 4 is 0 Å². The first-order chi connectivity index (χ1) is 4.88. The highest BCUT2D eigenvalue weighted by Crippen LogP contribution is 2.24. The van der Waals surface area contributed by atoms with Crippen LogP contribution >= 0.6 is 0 Å². The maximum absolute atomic E-state index is 3.42. The standard InChI is InChI=1S/C9H19N/c1-3-8(4-2)9-5-6-10-7-9/h8-10H,3-7H2,1-2H3/t9-/m1/s1. The van der Waals surface area contributed by atoms with Gasteiger partial charge in [0.15, 0.2) is 0 Å². The Balaban J connectivity index is 2.29. The van der Waals surface area contributed by atoms with E-state index in [1.54, 1.807) is 0 Å². The summed E-state index contributed by atoms with van der Waals surface area (Å²) in [5, 5.41) is 3.42. The maximum atomic E-state index is 3.42. The van der Waals surface area contributed by atoms with Gasteiger partial charge in [0.25, 0.3) is 0 Å². The Morgan fingerprint density at radius 2 is 2.10 bits per heavy atom. The molecule has 60 valence electrons. The van der Waals surface area contributed by atoms with Crippen molar-refractivity contribution in [2.45, 2.75) is 33.1 Å². The van der Waals surface area contributed by atoms with Crippen molar-refractivity contribution in [3.05, 3.63) is 0 Å². The summed E-state index contributed by atoms with van der Waals surface area (Å²) in [5.74, 6) is 1.96. The summed E-state index contributed by atoms with van der Waals surface area (Å²) in [5.41, 5.74) is 0. The Hall–Kier alpha value is -0.0400. The maximum Gasteiger partial charge on any atom is -0.00174 e. The van der Waals surface area contributed by atoms with Crippen LogP contribution in [-0.2, 0) is 0 Å². The van der Waals surface area contributed by atoms with Crippen molar-refractivity contribution < 1.29 is 0 Å². The Kier molecular flexibility index (Phi) is 3.20. The lowest BCUT2D eigenvalue weighted by Crippen LogP contribution is -2.16. The summed E-state index contributed by atoms with van der Waals surface area (Å²) in [6, 6.07) is 0. The molecule has 0 aliphatic carbocycles. The van der Waals surface area contributed by atoms with Crippen LogP contribution in [0.4, 0.5) is 0 Å². The molecule has 1 aliphatic heterocycles. The van der Waals surface area contributed by atoms with Gasteiger partial charge in [0.05, 0.1) is 0 Å². The third kappa shape index (κ3) is 1.72. The predicted molar refractivity (Wildman–Crippen MR) is 45.0 cm³/mol. The Morgan fingerprint density at radius 1 is 1.40 bits per heavy atom. The van der Waals surface area contributed by atoms with E-state index in [9.17, 15) is 0 Å². The molecule has 1 nitrogen and oxygen atoms in total. The van der Waals surface area contributed by atoms with Gasteiger partial charge in [-0.15, -0.1) is 0 Å². The van der Waals surface area contributed by atoms with Crippen LogP contribution in [0.3, 0.4) is 0 Å². The molecule has 0 aromatic heterocycles. The number of hydrogen-bond acceptors (Lipinski definition) is 1. The number of nitrogens with one attached hydrogen (secondary N) is 1. The second-order valence-corrected chi connectivity index (χ2v) is 3.33. The quantitative estimate of drug-likeness (QED) is 0.634. The predicted octanol–water partition coefficient (Wildman–Crippen LogP) is 2.03. The fourth-order valence-electron chi connectivity index (χ4n) is 2.03. The molecule has 10 heavy (non-hydrogen) atoms. The molecule has 1 rings (SSSR count). The van der Waals surface area contributed by atoms with E-state index in [0.29, 0.717) is 0 Å². The smallest absolute Gasteiger partial charge is 0.00174 e. The van der Waals surface area contributed by atoms with Crippen LogP contribution < -0.4 is 5.32 Å². The van der Waals surface area contributed by atoms with Crippen molar-refractivity contribution in [3.63, 3.8) is 0 Å². The topological polar surface area (TPSA) is 12.0 Å². The molecule has 0 spiro atoms. The monoisotopic (exact) mass is 141 g/mol. The van der Waals surface area contributed by atoms with Crippen LogP contribution in [0, 0.1) is 11.8 Å². The van der Waals surface area contributed by atoms with Crippen molar-refractivity contribution in [3.8, 4) is 0 Å². The van der Waals surface area contributed by atoms with Gasteiger partial charge in [0, 0.05) is 0 Å². The van der Waals surface area contributed by atoms with Crippen LogP contribution in [0.5, 0.6) is 0 Å². The fourth-order valence-corrected chi connectivity index (χ4v) is 2.03. The molecule has 1 fully saturated rings. The highest BCUT2D eigenvalue weighted by atomic mass is 14.9. The third-order valence-corrected chi connectivity index (χ3v) is 2.81. The van der Waals surface area contributed by atoms with Gasteiger partial charge in [0.2, 0.25) is 0 Å². The SMILES string of the molecule is CCC(CC)[C@@H]1CCNC1. The highest BCUT2D eigenvalue weighted by molar-refractivity contribution is 4.76. The Morgan fingerprint density at radius 3 is 2.50 bits per heavy atom. The summed E-state index contributed by atoms with van der Waals surface area (Å²) < 4.78 is 0. The molecule has 1 atom stereocenters. The molecule has 0 bridgehead atoms. The first kappa shape index (κ1) is 8.06. The van der Waals surface area contributed by atoms with Crippen molar-refractivity contribution in [2.75, 3.05) is 13.1 Å². The van der Waals surface area contributed by atoms with E-state index in [4.69, 9.17) is 0 Å². The average Bonchev–Trinajstić information content (AvgIpc) is 2.43. The van der Waals surface area contributed by atoms with Crippen molar-refractivity contribution in [1.29, 1.82) is 0 Å². The molecule has 1 heteroatoms. The van der Waals surface area contributed by atoms with Gasteiger partial charge in [-0.2, -0.15) is 0 Å². The third-order valence-electron chi connectivity index (χ3n) is 2.81. The first-order valence-corrected chi connectivity index (χ1v) is 4.59. The van der Waals surface area contributed by atoms with E-state index in [2.05, 4.69) is 19.2 Å². The lowest BCUT2D eigenvalue weighted by atomic mass is 9.87. The molecule has 1 saturated heterocycles.